The summed E-state index contributed by atoms with van der Waals surface area (Å²) in [6.45, 7) is 0. The molecule has 1 atom stereocenters. The number of nitrogens with zero attached hydrogens (tertiary/aromatic N) is 1. The number of halogens is 2. The van der Waals surface area contributed by atoms with Crippen LogP contribution in [-0.4, -0.2) is 4.98 Å². The van der Waals surface area contributed by atoms with E-state index in [-0.39, 0.29) is 5.02 Å². The lowest BCUT2D eigenvalue weighted by molar-refractivity contribution is 0.555. The van der Waals surface area contributed by atoms with Gasteiger partial charge in [-0.1, -0.05) is 17.7 Å². The first-order chi connectivity index (χ1) is 7.18. The maximum Gasteiger partial charge on any atom is 0.180 e. The molecule has 3 nitrogen and oxygen atoms in total. The Bertz CT molecular complexity index is 458. The first kappa shape index (κ1) is 10.1. The summed E-state index contributed by atoms with van der Waals surface area (Å²) in [5, 5.41) is 0.0751. The molecule has 0 aliphatic rings. The second kappa shape index (κ2) is 4.00. The molecule has 1 aromatic carbocycles. The first-order valence-electron chi connectivity index (χ1n) is 4.27. The molecule has 2 rings (SSSR count). The topological polar surface area (TPSA) is 52.0 Å². The Morgan fingerprint density at radius 3 is 2.87 bits per heavy atom. The molecule has 0 fully saturated rings. The molecule has 0 saturated carbocycles. The molecule has 1 heterocycles. The molecule has 2 N–H and O–H groups in total. The van der Waals surface area contributed by atoms with Crippen LogP contribution in [0.1, 0.15) is 17.3 Å². The van der Waals surface area contributed by atoms with Crippen LogP contribution in [0.15, 0.2) is 35.3 Å². The Morgan fingerprint density at radius 1 is 1.47 bits per heavy atom. The van der Waals surface area contributed by atoms with Crippen LogP contribution in [0.2, 0.25) is 5.02 Å². The van der Waals surface area contributed by atoms with E-state index < -0.39 is 11.9 Å². The van der Waals surface area contributed by atoms with Gasteiger partial charge >= 0.3 is 0 Å². The van der Waals surface area contributed by atoms with Crippen molar-refractivity contribution in [2.45, 2.75) is 6.04 Å². The molecule has 0 aliphatic carbocycles. The second-order valence-electron chi connectivity index (χ2n) is 3.06. The smallest absolute Gasteiger partial charge is 0.180 e. The van der Waals surface area contributed by atoms with Crippen molar-refractivity contribution in [2.75, 3.05) is 0 Å². The molecular formula is C10H8ClFN2O. The summed E-state index contributed by atoms with van der Waals surface area (Å²) in [7, 11) is 0. The Balaban J connectivity index is 2.34. The molecule has 0 unspecified atom stereocenters. The molecule has 0 aliphatic heterocycles. The molecule has 0 saturated heterocycles. The number of aromatic nitrogens is 1. The molecule has 0 radical (unpaired) electrons. The first-order valence-corrected chi connectivity index (χ1v) is 4.65. The quantitative estimate of drug-likeness (QED) is 0.856. The van der Waals surface area contributed by atoms with Crippen molar-refractivity contribution in [3.8, 4) is 0 Å². The maximum absolute atomic E-state index is 13.1. The SMILES string of the molecule is N[C@H](c1ccc(Cl)c(F)c1)c1cocn1. The van der Waals surface area contributed by atoms with Gasteiger partial charge in [0.2, 0.25) is 0 Å². The average molecular weight is 227 g/mol. The molecule has 78 valence electrons. The highest BCUT2D eigenvalue weighted by Gasteiger charge is 2.13. The van der Waals surface area contributed by atoms with E-state index in [0.717, 1.165) is 0 Å². The Labute approximate surface area is 90.7 Å². The Morgan fingerprint density at radius 2 is 2.27 bits per heavy atom. The van der Waals surface area contributed by atoms with Crippen molar-refractivity contribution < 1.29 is 8.81 Å². The van der Waals surface area contributed by atoms with Gasteiger partial charge in [-0.25, -0.2) is 9.37 Å². The summed E-state index contributed by atoms with van der Waals surface area (Å²) in [5.74, 6) is -0.492. The van der Waals surface area contributed by atoms with Gasteiger partial charge in [-0.2, -0.15) is 0 Å². The van der Waals surface area contributed by atoms with Gasteiger partial charge in [0.25, 0.3) is 0 Å². The zero-order valence-corrected chi connectivity index (χ0v) is 8.41. The number of nitrogens with two attached hydrogens (primary N) is 1. The summed E-state index contributed by atoms with van der Waals surface area (Å²) < 4.78 is 18.0. The van der Waals surface area contributed by atoms with Gasteiger partial charge in [-0.3, -0.25) is 0 Å². The van der Waals surface area contributed by atoms with Crippen molar-refractivity contribution in [3.05, 3.63) is 53.0 Å². The Hall–Kier alpha value is -1.39. The van der Waals surface area contributed by atoms with Crippen molar-refractivity contribution in [1.82, 2.24) is 4.98 Å². The van der Waals surface area contributed by atoms with Crippen LogP contribution in [0.4, 0.5) is 4.39 Å². The fourth-order valence-electron chi connectivity index (χ4n) is 1.25. The summed E-state index contributed by atoms with van der Waals surface area (Å²) in [6, 6.07) is 3.91. The van der Waals surface area contributed by atoms with Crippen LogP contribution < -0.4 is 5.73 Å². The Kier molecular flexibility index (Phi) is 2.70. The zero-order valence-electron chi connectivity index (χ0n) is 7.65. The minimum absolute atomic E-state index is 0.0751. The third-order valence-electron chi connectivity index (χ3n) is 2.07. The fourth-order valence-corrected chi connectivity index (χ4v) is 1.37. The highest BCUT2D eigenvalue weighted by Crippen LogP contribution is 2.22. The van der Waals surface area contributed by atoms with E-state index in [1.54, 1.807) is 6.07 Å². The largest absolute Gasteiger partial charge is 0.451 e. The monoisotopic (exact) mass is 226 g/mol. The minimum Gasteiger partial charge on any atom is -0.451 e. The van der Waals surface area contributed by atoms with Crippen molar-refractivity contribution in [3.63, 3.8) is 0 Å². The van der Waals surface area contributed by atoms with E-state index in [9.17, 15) is 4.39 Å². The van der Waals surface area contributed by atoms with Gasteiger partial charge in [0, 0.05) is 0 Å². The zero-order chi connectivity index (χ0) is 10.8. The number of hydrogen-bond acceptors (Lipinski definition) is 3. The van der Waals surface area contributed by atoms with E-state index in [2.05, 4.69) is 4.98 Å². The number of hydrogen-bond donors (Lipinski definition) is 1. The van der Waals surface area contributed by atoms with Crippen LogP contribution in [0.25, 0.3) is 0 Å². The third-order valence-corrected chi connectivity index (χ3v) is 2.38. The van der Waals surface area contributed by atoms with Crippen LogP contribution in [0.5, 0.6) is 0 Å². The van der Waals surface area contributed by atoms with Gasteiger partial charge in [0.15, 0.2) is 6.39 Å². The molecule has 1 aromatic heterocycles. The predicted octanol–water partition coefficient (Wildman–Crippen LogP) is 2.52. The lowest BCUT2D eigenvalue weighted by Gasteiger charge is -2.08. The van der Waals surface area contributed by atoms with E-state index in [1.807, 2.05) is 0 Å². The van der Waals surface area contributed by atoms with Crippen LogP contribution >= 0.6 is 11.6 Å². The maximum atomic E-state index is 13.1. The molecular weight excluding hydrogens is 219 g/mol. The number of benzene rings is 1. The standard InChI is InChI=1S/C10H8ClFN2O/c11-7-2-1-6(3-8(7)12)10(13)9-4-15-5-14-9/h1-5,10H,13H2/t10-/m1/s1. The van der Waals surface area contributed by atoms with Crippen LogP contribution in [0.3, 0.4) is 0 Å². The van der Waals surface area contributed by atoms with Gasteiger partial charge in [-0.15, -0.1) is 0 Å². The van der Waals surface area contributed by atoms with Gasteiger partial charge < -0.3 is 10.2 Å². The van der Waals surface area contributed by atoms with Gasteiger partial charge in [-0.05, 0) is 17.7 Å². The summed E-state index contributed by atoms with van der Waals surface area (Å²) in [5.41, 5.74) is 7.00. The van der Waals surface area contributed by atoms with E-state index in [0.29, 0.717) is 11.3 Å². The summed E-state index contributed by atoms with van der Waals surface area (Å²) in [4.78, 5) is 3.90. The molecule has 5 heteroatoms. The number of rotatable bonds is 2. The summed E-state index contributed by atoms with van der Waals surface area (Å²) in [6.07, 6.45) is 2.71. The molecule has 15 heavy (non-hydrogen) atoms. The minimum atomic E-state index is -0.504. The average Bonchev–Trinajstić information content (AvgIpc) is 2.74. The van der Waals surface area contributed by atoms with E-state index in [4.69, 9.17) is 21.8 Å². The lowest BCUT2D eigenvalue weighted by Crippen LogP contribution is -2.12. The third kappa shape index (κ3) is 2.00. The van der Waals surface area contributed by atoms with Crippen LogP contribution in [-0.2, 0) is 0 Å². The second-order valence-corrected chi connectivity index (χ2v) is 3.47. The van der Waals surface area contributed by atoms with E-state index >= 15 is 0 Å². The van der Waals surface area contributed by atoms with Crippen molar-refractivity contribution >= 4 is 11.6 Å². The van der Waals surface area contributed by atoms with E-state index in [1.165, 1.54) is 24.8 Å². The lowest BCUT2D eigenvalue weighted by atomic mass is 10.1. The molecule has 2 aromatic rings. The number of oxazole rings is 1. The fraction of sp³-hybridized carbons (Fsp3) is 0.100. The van der Waals surface area contributed by atoms with Crippen LogP contribution in [0, 0.1) is 5.82 Å². The van der Waals surface area contributed by atoms with Crippen molar-refractivity contribution in [2.24, 2.45) is 5.73 Å². The van der Waals surface area contributed by atoms with Crippen molar-refractivity contribution in [1.29, 1.82) is 0 Å². The predicted molar refractivity (Wildman–Crippen MR) is 53.9 cm³/mol. The van der Waals surface area contributed by atoms with Gasteiger partial charge in [0.1, 0.15) is 17.8 Å². The highest BCUT2D eigenvalue weighted by molar-refractivity contribution is 6.30. The normalized spacial score (nSPS) is 12.7. The summed E-state index contributed by atoms with van der Waals surface area (Å²) >= 11 is 5.56. The molecule has 0 bridgehead atoms. The van der Waals surface area contributed by atoms with Gasteiger partial charge in [0.05, 0.1) is 11.1 Å². The molecule has 0 amide bonds. The highest BCUT2D eigenvalue weighted by atomic mass is 35.5. The molecule has 0 spiro atoms.